The SMILES string of the molecule is CCCCCCc1ccc(/C=C/c2cc(-c3nc4ccccc4[n-]3)nc(-c3nc4ccccc4n3C)c2)s1.O=C(O)c1cc(-c2cc3ccccc3cn2)nc(-c2cc3ccccc3cn2)c1.[Ru+]. The molecule has 1 N–H and O–H groups in total. The number of carbonyl (C=O) groups is 1. The Hall–Kier alpha value is -7.53. The maximum absolute atomic E-state index is 11.7. The molecule has 0 aliphatic carbocycles. The van der Waals surface area contributed by atoms with Crippen molar-refractivity contribution in [1.82, 2.24) is 39.5 Å². The van der Waals surface area contributed by atoms with Crippen molar-refractivity contribution in [2.75, 3.05) is 0 Å². The quantitative estimate of drug-likeness (QED) is 0.0938. The number of hydrogen-bond acceptors (Lipinski definition) is 8. The predicted molar refractivity (Wildman–Crippen MR) is 272 cm³/mol. The Morgan fingerprint density at radius 2 is 1.24 bits per heavy atom. The van der Waals surface area contributed by atoms with E-state index in [1.165, 1.54) is 35.4 Å². The van der Waals surface area contributed by atoms with Crippen LogP contribution in [-0.2, 0) is 32.9 Å². The van der Waals surface area contributed by atoms with Crippen molar-refractivity contribution in [3.05, 3.63) is 179 Å². The number of aromatic nitrogens is 8. The first kappa shape index (κ1) is 45.6. The molecule has 11 rings (SSSR count). The minimum atomic E-state index is -1.02. The molecule has 0 bridgehead atoms. The molecule has 0 unspecified atom stereocenters. The second kappa shape index (κ2) is 20.6. The van der Waals surface area contributed by atoms with Crippen LogP contribution in [0.2, 0.25) is 0 Å². The Morgan fingerprint density at radius 3 is 1.90 bits per heavy atom. The fraction of sp³-hybridized carbons (Fsp3) is 0.125. The molecule has 0 fully saturated rings. The van der Waals surface area contributed by atoms with E-state index in [4.69, 9.17) is 19.9 Å². The van der Waals surface area contributed by atoms with Crippen molar-refractivity contribution < 1.29 is 29.4 Å². The van der Waals surface area contributed by atoms with E-state index in [0.29, 0.717) is 28.6 Å². The number of para-hydroxylation sites is 4. The molecule has 0 saturated carbocycles. The van der Waals surface area contributed by atoms with Crippen LogP contribution in [0.25, 0.3) is 102 Å². The largest absolute Gasteiger partial charge is 1.00 e. The summed E-state index contributed by atoms with van der Waals surface area (Å²) in [6, 6.07) is 47.5. The second-order valence-electron chi connectivity index (χ2n) is 16.4. The first-order valence-corrected chi connectivity index (χ1v) is 23.2. The zero-order chi connectivity index (χ0) is 45.7. The average Bonchev–Trinajstić information content (AvgIpc) is 4.12. The number of pyridine rings is 4. The molecular formula is C56H45N8O2RuS. The van der Waals surface area contributed by atoms with Gasteiger partial charge in [-0.25, -0.2) is 19.7 Å². The fourth-order valence-electron chi connectivity index (χ4n) is 8.16. The molecule has 0 saturated heterocycles. The van der Waals surface area contributed by atoms with E-state index in [1.807, 2.05) is 122 Å². The van der Waals surface area contributed by atoms with Crippen molar-refractivity contribution in [3.63, 3.8) is 0 Å². The van der Waals surface area contributed by atoms with Crippen LogP contribution < -0.4 is 4.98 Å². The van der Waals surface area contributed by atoms with E-state index in [-0.39, 0.29) is 25.0 Å². The summed E-state index contributed by atoms with van der Waals surface area (Å²) in [6.45, 7) is 2.26. The number of carboxylic acids is 1. The Morgan fingerprint density at radius 1 is 0.618 bits per heavy atom. The van der Waals surface area contributed by atoms with Gasteiger partial charge < -0.3 is 19.6 Å². The molecule has 335 valence electrons. The van der Waals surface area contributed by atoms with Gasteiger partial charge in [-0.1, -0.05) is 117 Å². The van der Waals surface area contributed by atoms with E-state index in [0.717, 1.165) is 72.8 Å². The van der Waals surface area contributed by atoms with Crippen molar-refractivity contribution in [2.45, 2.75) is 39.0 Å². The van der Waals surface area contributed by atoms with Gasteiger partial charge >= 0.3 is 25.4 Å². The maximum atomic E-state index is 11.7. The third-order valence-corrected chi connectivity index (χ3v) is 12.8. The molecule has 0 amide bonds. The molecule has 68 heavy (non-hydrogen) atoms. The zero-order valence-electron chi connectivity index (χ0n) is 37.4. The molecule has 1 radical (unpaired) electrons. The molecule has 10 nitrogen and oxygen atoms in total. The number of imidazole rings is 2. The minimum absolute atomic E-state index is 0. The van der Waals surface area contributed by atoms with Crippen LogP contribution in [0.5, 0.6) is 0 Å². The summed E-state index contributed by atoms with van der Waals surface area (Å²) in [5.41, 5.74) is 8.76. The van der Waals surface area contributed by atoms with Gasteiger partial charge in [0.15, 0.2) is 5.82 Å². The summed E-state index contributed by atoms with van der Waals surface area (Å²) >= 11 is 1.88. The van der Waals surface area contributed by atoms with Crippen LogP contribution in [0, 0.1) is 0 Å². The number of aromatic carboxylic acids is 1. The van der Waals surface area contributed by atoms with Crippen LogP contribution in [0.3, 0.4) is 0 Å². The van der Waals surface area contributed by atoms with Crippen LogP contribution >= 0.6 is 11.3 Å². The summed E-state index contributed by atoms with van der Waals surface area (Å²) in [5.74, 6) is 0.438. The van der Waals surface area contributed by atoms with E-state index >= 15 is 0 Å². The van der Waals surface area contributed by atoms with Crippen LogP contribution in [0.1, 0.15) is 58.3 Å². The third kappa shape index (κ3) is 10.1. The molecule has 12 heteroatoms. The number of hydrogen-bond donors (Lipinski definition) is 1. The molecule has 7 aromatic heterocycles. The van der Waals surface area contributed by atoms with Gasteiger partial charge in [0.2, 0.25) is 0 Å². The first-order chi connectivity index (χ1) is 32.8. The van der Waals surface area contributed by atoms with Gasteiger partial charge in [-0.05, 0) is 113 Å². The molecule has 4 aromatic carbocycles. The number of nitrogens with zero attached hydrogens (tertiary/aromatic N) is 8. The number of aryl methyl sites for hydroxylation is 2. The van der Waals surface area contributed by atoms with Crippen molar-refractivity contribution in [3.8, 4) is 45.8 Å². The monoisotopic (exact) mass is 995 g/mol. The van der Waals surface area contributed by atoms with Crippen LogP contribution in [0.15, 0.2) is 158 Å². The number of rotatable bonds is 12. The number of fused-ring (bicyclic) bond motifs is 4. The summed E-state index contributed by atoms with van der Waals surface area (Å²) in [4.78, 5) is 47.5. The topological polar surface area (TPSA) is 134 Å². The Balaban J connectivity index is 0.000000173. The molecule has 7 heterocycles. The van der Waals surface area contributed by atoms with Gasteiger partial charge in [0, 0.05) is 40.0 Å². The number of benzene rings is 4. The molecule has 0 atom stereocenters. The van der Waals surface area contributed by atoms with Gasteiger partial charge in [-0.3, -0.25) is 9.97 Å². The standard InChI is InChI=1S/C32H30N5S.C24H15N3O2.Ru/c1-3-4-5-6-11-23-18-19-24(38-23)17-16-22-20-28(31-34-25-12-7-8-13-26(25)35-31)33-29(21-22)32-36-27-14-9-10-15-30(27)37(32)2;28-24(29)19-11-22(20-9-15-5-1-3-7-17(15)13-25-20)27-23(12-19)21-10-16-6-2-4-8-18(16)14-26-21;/h7-10,12-21H,3-6,11H2,1-2H3;1-14H,(H,28,29);/q-1;;+1/b17-16+;;. The Kier molecular flexibility index (Phi) is 13.8. The smallest absolute Gasteiger partial charge is 0.478 e. The molecule has 0 spiro atoms. The van der Waals surface area contributed by atoms with Crippen molar-refractivity contribution in [1.29, 1.82) is 0 Å². The van der Waals surface area contributed by atoms with Gasteiger partial charge in [0.05, 0.1) is 45.1 Å². The average molecular weight is 995 g/mol. The fourth-order valence-corrected chi connectivity index (χ4v) is 9.12. The summed E-state index contributed by atoms with van der Waals surface area (Å²) < 4.78 is 2.10. The van der Waals surface area contributed by atoms with Gasteiger partial charge in [0.1, 0.15) is 5.69 Å². The predicted octanol–water partition coefficient (Wildman–Crippen LogP) is 13.4. The van der Waals surface area contributed by atoms with E-state index in [1.54, 1.807) is 24.5 Å². The zero-order valence-corrected chi connectivity index (χ0v) is 40.0. The third-order valence-electron chi connectivity index (χ3n) is 11.7. The second-order valence-corrected chi connectivity index (χ2v) is 17.6. The normalized spacial score (nSPS) is 11.3. The minimum Gasteiger partial charge on any atom is -0.478 e. The summed E-state index contributed by atoms with van der Waals surface area (Å²) in [5, 5.41) is 13.7. The Labute approximate surface area is 410 Å². The molecular weight excluding hydrogens is 950 g/mol. The number of unbranched alkanes of at least 4 members (excludes halogenated alkanes) is 3. The van der Waals surface area contributed by atoms with E-state index < -0.39 is 5.97 Å². The van der Waals surface area contributed by atoms with Crippen LogP contribution in [0.4, 0.5) is 0 Å². The van der Waals surface area contributed by atoms with E-state index in [2.05, 4.69) is 68.9 Å². The maximum Gasteiger partial charge on any atom is 1.00 e. The van der Waals surface area contributed by atoms with Gasteiger partial charge in [-0.2, -0.15) is 0 Å². The summed E-state index contributed by atoms with van der Waals surface area (Å²) in [6.07, 6.45) is 14.2. The number of thiophene rings is 1. The first-order valence-electron chi connectivity index (χ1n) is 22.4. The van der Waals surface area contributed by atoms with Crippen molar-refractivity contribution >= 4 is 73.1 Å². The molecule has 0 aliphatic rings. The number of carboxylic acid groups (broad SMARTS) is 1. The van der Waals surface area contributed by atoms with E-state index in [9.17, 15) is 9.90 Å². The summed E-state index contributed by atoms with van der Waals surface area (Å²) in [7, 11) is 2.04. The van der Waals surface area contributed by atoms with Gasteiger partial charge in [0.25, 0.3) is 0 Å². The molecule has 0 aliphatic heterocycles. The van der Waals surface area contributed by atoms with Gasteiger partial charge in [-0.15, -0.1) is 11.3 Å². The van der Waals surface area contributed by atoms with Crippen molar-refractivity contribution in [2.24, 2.45) is 7.05 Å². The van der Waals surface area contributed by atoms with Crippen LogP contribution in [-0.4, -0.2) is 45.5 Å². The Bertz CT molecular complexity index is 3480. The molecule has 11 aromatic rings.